The van der Waals surface area contributed by atoms with Crippen LogP contribution < -0.4 is 5.19 Å². The fraction of sp³-hybridized carbons (Fsp3) is 0.333. The summed E-state index contributed by atoms with van der Waals surface area (Å²) in [6.45, 7) is 9.30. The molecule has 0 aliphatic carbocycles. The SMILES string of the molecule is CC1=Cc2cc(C)ccc2[Si]1(C)C. The van der Waals surface area contributed by atoms with Crippen LogP contribution in [0.15, 0.2) is 23.4 Å². The third-order valence-corrected chi connectivity index (χ3v) is 7.16. The van der Waals surface area contributed by atoms with Gasteiger partial charge in [-0.2, -0.15) is 0 Å². The summed E-state index contributed by atoms with van der Waals surface area (Å²) in [4.78, 5) is 0. The molecule has 0 bridgehead atoms. The van der Waals surface area contributed by atoms with Gasteiger partial charge < -0.3 is 0 Å². The fourth-order valence-electron chi connectivity index (χ4n) is 2.00. The van der Waals surface area contributed by atoms with Gasteiger partial charge in [0.2, 0.25) is 0 Å². The van der Waals surface area contributed by atoms with Crippen LogP contribution in [0.5, 0.6) is 0 Å². The molecular weight excluding hydrogens is 172 g/mol. The van der Waals surface area contributed by atoms with Gasteiger partial charge in [0.15, 0.2) is 0 Å². The van der Waals surface area contributed by atoms with Crippen LogP contribution in [0.25, 0.3) is 6.08 Å². The van der Waals surface area contributed by atoms with Crippen molar-refractivity contribution in [1.82, 2.24) is 0 Å². The van der Waals surface area contributed by atoms with Crippen LogP contribution >= 0.6 is 0 Å². The zero-order chi connectivity index (χ0) is 9.64. The Morgan fingerprint density at radius 3 is 2.46 bits per heavy atom. The van der Waals surface area contributed by atoms with Crippen molar-refractivity contribution in [2.75, 3.05) is 0 Å². The number of hydrogen-bond acceptors (Lipinski definition) is 0. The summed E-state index contributed by atoms with van der Waals surface area (Å²) in [6.07, 6.45) is 2.37. The molecule has 0 unspecified atom stereocenters. The van der Waals surface area contributed by atoms with Gasteiger partial charge >= 0.3 is 0 Å². The zero-order valence-electron chi connectivity index (χ0n) is 8.81. The Labute approximate surface area is 81.3 Å². The monoisotopic (exact) mass is 188 g/mol. The van der Waals surface area contributed by atoms with Crippen molar-refractivity contribution in [3.05, 3.63) is 34.5 Å². The molecule has 0 atom stereocenters. The lowest BCUT2D eigenvalue weighted by Crippen LogP contribution is -2.40. The molecule has 2 rings (SSSR count). The minimum Gasteiger partial charge on any atom is -0.0785 e. The highest BCUT2D eigenvalue weighted by Gasteiger charge is 2.31. The lowest BCUT2D eigenvalue weighted by molar-refractivity contribution is 1.48. The second kappa shape index (κ2) is 2.58. The van der Waals surface area contributed by atoms with Gasteiger partial charge in [-0.3, -0.25) is 0 Å². The summed E-state index contributed by atoms with van der Waals surface area (Å²) in [5, 5.41) is 3.21. The minimum atomic E-state index is -1.23. The molecule has 0 saturated carbocycles. The Morgan fingerprint density at radius 1 is 1.08 bits per heavy atom. The molecule has 0 saturated heterocycles. The van der Waals surface area contributed by atoms with Gasteiger partial charge in [-0.25, -0.2) is 0 Å². The average molecular weight is 188 g/mol. The number of hydrogen-bond donors (Lipinski definition) is 0. The van der Waals surface area contributed by atoms with E-state index in [0.717, 1.165) is 0 Å². The maximum absolute atomic E-state index is 2.43. The van der Waals surface area contributed by atoms with E-state index in [2.05, 4.69) is 51.2 Å². The maximum atomic E-state index is 2.43. The third-order valence-electron chi connectivity index (χ3n) is 3.24. The van der Waals surface area contributed by atoms with Crippen molar-refractivity contribution < 1.29 is 0 Å². The van der Waals surface area contributed by atoms with Crippen molar-refractivity contribution >= 4 is 19.3 Å². The van der Waals surface area contributed by atoms with Crippen LogP contribution in [0, 0.1) is 6.92 Å². The van der Waals surface area contributed by atoms with Gasteiger partial charge in [0.1, 0.15) is 8.07 Å². The van der Waals surface area contributed by atoms with Crippen molar-refractivity contribution in [2.24, 2.45) is 0 Å². The van der Waals surface area contributed by atoms with E-state index < -0.39 is 8.07 Å². The van der Waals surface area contributed by atoms with Crippen LogP contribution in [-0.4, -0.2) is 8.07 Å². The van der Waals surface area contributed by atoms with Crippen LogP contribution in [-0.2, 0) is 0 Å². The molecular formula is C12H16Si. The Morgan fingerprint density at radius 2 is 1.77 bits per heavy atom. The second-order valence-electron chi connectivity index (χ2n) is 4.54. The van der Waals surface area contributed by atoms with Gasteiger partial charge in [-0.05, 0) is 24.6 Å². The molecule has 0 nitrogen and oxygen atoms in total. The topological polar surface area (TPSA) is 0 Å². The minimum absolute atomic E-state index is 1.23. The van der Waals surface area contributed by atoms with Gasteiger partial charge in [0, 0.05) is 0 Å². The second-order valence-corrected chi connectivity index (χ2v) is 9.12. The zero-order valence-corrected chi connectivity index (χ0v) is 9.81. The van der Waals surface area contributed by atoms with Crippen molar-refractivity contribution in [3.8, 4) is 0 Å². The average Bonchev–Trinajstić information content (AvgIpc) is 2.23. The van der Waals surface area contributed by atoms with Crippen LogP contribution in [0.2, 0.25) is 13.1 Å². The van der Waals surface area contributed by atoms with Gasteiger partial charge in [0.05, 0.1) is 0 Å². The van der Waals surface area contributed by atoms with E-state index in [1.165, 1.54) is 11.1 Å². The van der Waals surface area contributed by atoms with E-state index in [1.54, 1.807) is 10.4 Å². The first kappa shape index (κ1) is 8.76. The standard InChI is InChI=1S/C12H16Si/c1-9-5-6-12-11(7-9)8-10(2)13(12,3)4/h5-8H,1-4H3. The Balaban J connectivity index is 2.65. The summed E-state index contributed by atoms with van der Waals surface area (Å²) in [5.74, 6) is 0. The molecule has 1 aromatic carbocycles. The third kappa shape index (κ3) is 1.19. The van der Waals surface area contributed by atoms with Crippen LogP contribution in [0.1, 0.15) is 18.1 Å². The highest BCUT2D eigenvalue weighted by molar-refractivity contribution is 6.97. The Kier molecular flexibility index (Phi) is 1.74. The predicted octanol–water partition coefficient (Wildman–Crippen LogP) is 2.87. The molecule has 1 aromatic rings. The molecule has 68 valence electrons. The molecule has 1 aliphatic rings. The van der Waals surface area contributed by atoms with Gasteiger partial charge in [-0.15, -0.1) is 0 Å². The number of fused-ring (bicyclic) bond motifs is 1. The number of rotatable bonds is 0. The Hall–Kier alpha value is -0.823. The smallest absolute Gasteiger partial charge is 0.0785 e. The number of benzene rings is 1. The molecule has 0 spiro atoms. The molecule has 0 amide bonds. The number of aryl methyl sites for hydroxylation is 1. The maximum Gasteiger partial charge on any atom is 0.108 e. The van der Waals surface area contributed by atoms with E-state index in [4.69, 9.17) is 0 Å². The van der Waals surface area contributed by atoms with Crippen LogP contribution in [0.4, 0.5) is 0 Å². The molecule has 0 N–H and O–H groups in total. The first-order chi connectivity index (χ1) is 6.01. The molecule has 0 aromatic heterocycles. The van der Waals surface area contributed by atoms with E-state index in [1.807, 2.05) is 0 Å². The summed E-state index contributed by atoms with van der Waals surface area (Å²) in [5.41, 5.74) is 2.84. The summed E-state index contributed by atoms with van der Waals surface area (Å²) in [7, 11) is -1.23. The highest BCUT2D eigenvalue weighted by Crippen LogP contribution is 2.26. The van der Waals surface area contributed by atoms with Gasteiger partial charge in [-0.1, -0.05) is 48.1 Å². The summed E-state index contributed by atoms with van der Waals surface area (Å²) >= 11 is 0. The number of allylic oxidation sites excluding steroid dienone is 1. The molecule has 0 radical (unpaired) electrons. The van der Waals surface area contributed by atoms with Gasteiger partial charge in [0.25, 0.3) is 0 Å². The lowest BCUT2D eigenvalue weighted by Gasteiger charge is -2.19. The molecule has 0 fully saturated rings. The molecule has 1 heterocycles. The van der Waals surface area contributed by atoms with E-state index in [0.29, 0.717) is 0 Å². The molecule has 13 heavy (non-hydrogen) atoms. The van der Waals surface area contributed by atoms with E-state index in [-0.39, 0.29) is 0 Å². The summed E-state index contributed by atoms with van der Waals surface area (Å²) < 4.78 is 0. The van der Waals surface area contributed by atoms with Crippen LogP contribution in [0.3, 0.4) is 0 Å². The lowest BCUT2D eigenvalue weighted by atomic mass is 10.1. The molecule has 1 aliphatic heterocycles. The van der Waals surface area contributed by atoms with Crippen molar-refractivity contribution in [1.29, 1.82) is 0 Å². The predicted molar refractivity (Wildman–Crippen MR) is 61.9 cm³/mol. The quantitative estimate of drug-likeness (QED) is 0.549. The first-order valence-electron chi connectivity index (χ1n) is 4.82. The normalized spacial score (nSPS) is 18.3. The summed E-state index contributed by atoms with van der Waals surface area (Å²) in [6, 6.07) is 6.87. The highest BCUT2D eigenvalue weighted by atomic mass is 28.3. The largest absolute Gasteiger partial charge is 0.108 e. The van der Waals surface area contributed by atoms with Crippen molar-refractivity contribution in [3.63, 3.8) is 0 Å². The first-order valence-corrected chi connectivity index (χ1v) is 7.82. The molecule has 1 heteroatoms. The Bertz CT molecular complexity index is 386. The fourth-order valence-corrected chi connectivity index (χ4v) is 4.30. The van der Waals surface area contributed by atoms with E-state index in [9.17, 15) is 0 Å². The van der Waals surface area contributed by atoms with Crippen molar-refractivity contribution in [2.45, 2.75) is 26.9 Å². The van der Waals surface area contributed by atoms with E-state index >= 15 is 0 Å².